The minimum absolute atomic E-state index is 0.00418. The molecule has 3 amide bonds. The lowest BCUT2D eigenvalue weighted by Gasteiger charge is -2.17. The van der Waals surface area contributed by atoms with Crippen LogP contribution in [0.25, 0.3) is 0 Å². The number of carbonyl (C=O) groups is 4. The highest BCUT2D eigenvalue weighted by Crippen LogP contribution is 2.24. The van der Waals surface area contributed by atoms with E-state index < -0.39 is 36.3 Å². The van der Waals surface area contributed by atoms with Gasteiger partial charge in [0.05, 0.1) is 29.7 Å². The van der Waals surface area contributed by atoms with E-state index in [9.17, 15) is 24.3 Å². The number of hydrogen-bond donors (Lipinski definition) is 2. The van der Waals surface area contributed by atoms with Crippen LogP contribution in [-0.2, 0) is 11.2 Å². The lowest BCUT2D eigenvalue weighted by atomic mass is 10.1. The Bertz CT molecular complexity index is 941. The van der Waals surface area contributed by atoms with Gasteiger partial charge in [-0.3, -0.25) is 19.3 Å². The minimum Gasteiger partial charge on any atom is -0.548 e. The maximum absolute atomic E-state index is 12.6. The molecule has 2 aromatic rings. The van der Waals surface area contributed by atoms with Crippen LogP contribution in [0.15, 0.2) is 48.5 Å². The van der Waals surface area contributed by atoms with Crippen LogP contribution in [0.5, 0.6) is 0 Å². The Labute approximate surface area is 160 Å². The second-order valence-electron chi connectivity index (χ2n) is 6.29. The molecule has 0 aromatic heterocycles. The molecule has 1 aliphatic heterocycles. The van der Waals surface area contributed by atoms with Crippen molar-refractivity contribution in [2.75, 3.05) is 13.2 Å². The number of benzene rings is 2. The Hall–Kier alpha value is -3.52. The van der Waals surface area contributed by atoms with E-state index in [0.29, 0.717) is 6.42 Å². The zero-order valence-corrected chi connectivity index (χ0v) is 14.8. The average molecular weight is 381 g/mol. The Balaban J connectivity index is 1.76. The Morgan fingerprint density at radius 3 is 2.36 bits per heavy atom. The van der Waals surface area contributed by atoms with Gasteiger partial charge in [-0.1, -0.05) is 30.3 Å². The largest absolute Gasteiger partial charge is 0.548 e. The third-order valence-electron chi connectivity index (χ3n) is 4.47. The average Bonchev–Trinajstić information content (AvgIpc) is 2.94. The molecular formula is C20H17N2O6-. The number of aliphatic hydroxyl groups is 1. The van der Waals surface area contributed by atoms with Crippen LogP contribution in [0.2, 0.25) is 0 Å². The highest BCUT2D eigenvalue weighted by atomic mass is 16.4. The second-order valence-corrected chi connectivity index (χ2v) is 6.29. The molecule has 144 valence electrons. The molecule has 1 aliphatic rings. The topological polar surface area (TPSA) is 127 Å². The van der Waals surface area contributed by atoms with Crippen molar-refractivity contribution in [1.29, 1.82) is 0 Å². The molecule has 0 spiro atoms. The van der Waals surface area contributed by atoms with Gasteiger partial charge in [-0.15, -0.1) is 0 Å². The van der Waals surface area contributed by atoms with Crippen molar-refractivity contribution in [2.24, 2.45) is 0 Å². The fourth-order valence-electron chi connectivity index (χ4n) is 2.94. The van der Waals surface area contributed by atoms with Crippen LogP contribution in [0.1, 0.15) is 36.6 Å². The summed E-state index contributed by atoms with van der Waals surface area (Å²) < 4.78 is 0. The number of imide groups is 1. The summed E-state index contributed by atoms with van der Waals surface area (Å²) in [7, 11) is 0. The van der Waals surface area contributed by atoms with E-state index in [4.69, 9.17) is 5.11 Å². The van der Waals surface area contributed by atoms with Crippen LogP contribution in [0, 0.1) is 0 Å². The first kappa shape index (κ1) is 19.2. The smallest absolute Gasteiger partial charge is 0.261 e. The number of nitrogens with zero attached hydrogens (tertiary/aromatic N) is 1. The van der Waals surface area contributed by atoms with Crippen molar-refractivity contribution < 1.29 is 29.4 Å². The van der Waals surface area contributed by atoms with Gasteiger partial charge in [0.2, 0.25) is 0 Å². The summed E-state index contributed by atoms with van der Waals surface area (Å²) in [5.41, 5.74) is 1.26. The van der Waals surface area contributed by atoms with E-state index in [2.05, 4.69) is 5.32 Å². The van der Waals surface area contributed by atoms with E-state index in [0.717, 1.165) is 10.5 Å². The molecule has 0 saturated carbocycles. The van der Waals surface area contributed by atoms with Crippen LogP contribution in [-0.4, -0.2) is 52.9 Å². The lowest BCUT2D eigenvalue weighted by molar-refractivity contribution is -0.308. The lowest BCUT2D eigenvalue weighted by Crippen LogP contribution is -2.50. The van der Waals surface area contributed by atoms with E-state index in [-0.39, 0.29) is 23.2 Å². The van der Waals surface area contributed by atoms with Gasteiger partial charge in [0.25, 0.3) is 17.7 Å². The van der Waals surface area contributed by atoms with E-state index >= 15 is 0 Å². The van der Waals surface area contributed by atoms with Gasteiger partial charge in [-0.05, 0) is 30.2 Å². The van der Waals surface area contributed by atoms with Crippen molar-refractivity contribution >= 4 is 23.7 Å². The summed E-state index contributed by atoms with van der Waals surface area (Å²) in [5.74, 6) is -3.38. The van der Waals surface area contributed by atoms with Gasteiger partial charge in [0.15, 0.2) is 0 Å². The molecule has 0 bridgehead atoms. The number of carboxylic acids is 1. The minimum atomic E-state index is -1.63. The third kappa shape index (κ3) is 3.77. The van der Waals surface area contributed by atoms with E-state index in [1.165, 1.54) is 18.2 Å². The molecule has 1 heterocycles. The molecule has 0 fully saturated rings. The number of amides is 3. The number of rotatable bonds is 7. The molecular weight excluding hydrogens is 364 g/mol. The molecule has 8 heteroatoms. The maximum Gasteiger partial charge on any atom is 0.261 e. The summed E-state index contributed by atoms with van der Waals surface area (Å²) >= 11 is 0. The molecule has 28 heavy (non-hydrogen) atoms. The number of fused-ring (bicyclic) bond motifs is 1. The highest BCUT2D eigenvalue weighted by molar-refractivity contribution is 6.22. The van der Waals surface area contributed by atoms with Gasteiger partial charge in [-0.25, -0.2) is 0 Å². The predicted octanol–water partition coefficient (Wildman–Crippen LogP) is -0.634. The van der Waals surface area contributed by atoms with Crippen molar-refractivity contribution in [2.45, 2.75) is 12.5 Å². The molecule has 1 atom stereocenters. The molecule has 2 aromatic carbocycles. The normalized spacial score (nSPS) is 14.0. The van der Waals surface area contributed by atoms with Crippen molar-refractivity contribution in [3.63, 3.8) is 0 Å². The van der Waals surface area contributed by atoms with Crippen molar-refractivity contribution in [3.8, 4) is 0 Å². The Morgan fingerprint density at radius 2 is 1.71 bits per heavy atom. The Kier molecular flexibility index (Phi) is 5.51. The number of nitrogens with one attached hydrogen (secondary N) is 1. The SMILES string of the molecule is O=C(N[C@@H](CO)C(=O)[O-])c1ccc2c(c1)C(=O)N(CCc1ccccc1)C2=O. The standard InChI is InChI=1S/C20H18N2O6/c23-11-16(20(27)28)21-17(24)13-6-7-14-15(10-13)19(26)22(18(14)25)9-8-12-4-2-1-3-5-12/h1-7,10,16,23H,8-9,11H2,(H,21,24)(H,27,28)/p-1/t16-/m0/s1. The second kappa shape index (κ2) is 8.01. The first-order valence-corrected chi connectivity index (χ1v) is 8.59. The third-order valence-corrected chi connectivity index (χ3v) is 4.47. The van der Waals surface area contributed by atoms with Crippen molar-refractivity contribution in [3.05, 3.63) is 70.8 Å². The van der Waals surface area contributed by atoms with Gasteiger partial charge in [0, 0.05) is 12.1 Å². The number of hydrogen-bond acceptors (Lipinski definition) is 6. The molecule has 3 rings (SSSR count). The van der Waals surface area contributed by atoms with Crippen LogP contribution < -0.4 is 10.4 Å². The fourth-order valence-corrected chi connectivity index (χ4v) is 2.94. The molecule has 0 saturated heterocycles. The summed E-state index contributed by atoms with van der Waals surface area (Å²) in [6.45, 7) is -0.626. The quantitative estimate of drug-likeness (QED) is 0.615. The predicted molar refractivity (Wildman–Crippen MR) is 95.3 cm³/mol. The van der Waals surface area contributed by atoms with Gasteiger partial charge >= 0.3 is 0 Å². The van der Waals surface area contributed by atoms with Crippen LogP contribution >= 0.6 is 0 Å². The van der Waals surface area contributed by atoms with Crippen molar-refractivity contribution in [1.82, 2.24) is 10.2 Å². The number of aliphatic carboxylic acids is 1. The first-order chi connectivity index (χ1) is 13.4. The maximum atomic E-state index is 12.6. The number of aliphatic hydroxyl groups excluding tert-OH is 1. The summed E-state index contributed by atoms with van der Waals surface area (Å²) in [6.07, 6.45) is 0.503. The Morgan fingerprint density at radius 1 is 1.04 bits per heavy atom. The van der Waals surface area contributed by atoms with Gasteiger partial charge < -0.3 is 20.3 Å². The van der Waals surface area contributed by atoms with Crippen LogP contribution in [0.3, 0.4) is 0 Å². The molecule has 0 radical (unpaired) electrons. The molecule has 0 unspecified atom stereocenters. The fraction of sp³-hybridized carbons (Fsp3) is 0.200. The molecule has 2 N–H and O–H groups in total. The molecule has 0 aliphatic carbocycles. The summed E-state index contributed by atoms with van der Waals surface area (Å²) in [6, 6.07) is 11.8. The number of carboxylic acid groups (broad SMARTS) is 1. The first-order valence-electron chi connectivity index (χ1n) is 8.59. The molecule has 8 nitrogen and oxygen atoms in total. The number of carbonyl (C=O) groups excluding carboxylic acids is 4. The summed E-state index contributed by atoms with van der Waals surface area (Å²) in [4.78, 5) is 49.2. The zero-order chi connectivity index (χ0) is 20.3. The van der Waals surface area contributed by atoms with Gasteiger partial charge in [0.1, 0.15) is 0 Å². The summed E-state index contributed by atoms with van der Waals surface area (Å²) in [5, 5.41) is 21.9. The van der Waals surface area contributed by atoms with Gasteiger partial charge in [-0.2, -0.15) is 0 Å². The highest BCUT2D eigenvalue weighted by Gasteiger charge is 2.35. The van der Waals surface area contributed by atoms with Crippen LogP contribution in [0.4, 0.5) is 0 Å². The zero-order valence-electron chi connectivity index (χ0n) is 14.8. The van der Waals surface area contributed by atoms with E-state index in [1.807, 2.05) is 30.3 Å². The monoisotopic (exact) mass is 381 g/mol. The van der Waals surface area contributed by atoms with E-state index in [1.54, 1.807) is 0 Å².